The van der Waals surface area contributed by atoms with E-state index in [4.69, 9.17) is 19.8 Å². The van der Waals surface area contributed by atoms with Crippen LogP contribution >= 0.6 is 0 Å². The summed E-state index contributed by atoms with van der Waals surface area (Å²) < 4.78 is 0. The average Bonchev–Trinajstić information content (AvgIpc) is 1.39. The zero-order valence-electron chi connectivity index (χ0n) is 3.99. The van der Waals surface area contributed by atoms with E-state index in [9.17, 15) is 0 Å². The quantitative estimate of drug-likeness (QED) is 0.305. The van der Waals surface area contributed by atoms with Crippen LogP contribution in [0.15, 0.2) is 0 Å². The van der Waals surface area contributed by atoms with Crippen LogP contribution in [-0.4, -0.2) is 18.4 Å². The third-order valence-electron chi connectivity index (χ3n) is 0. The topological polar surface area (TPSA) is 112 Å². The fourth-order valence-corrected chi connectivity index (χ4v) is 0. The van der Waals surface area contributed by atoms with Gasteiger partial charge in [0, 0.05) is 12.9 Å². The summed E-state index contributed by atoms with van der Waals surface area (Å²) in [5, 5.41) is 16.5. The van der Waals surface area contributed by atoms with Crippen molar-refractivity contribution in [1.82, 2.24) is 0 Å². The Morgan fingerprint density at radius 3 is 1.00 bits per heavy atom. The number of hydrogen-bond donors (Lipinski definition) is 0. The van der Waals surface area contributed by atoms with Crippen molar-refractivity contribution in [2.45, 2.75) is 0 Å². The molecule has 0 saturated heterocycles. The van der Waals surface area contributed by atoms with Crippen LogP contribution < -0.4 is 10.2 Å². The second-order valence-corrected chi connectivity index (χ2v) is 0.192. The van der Waals surface area contributed by atoms with Gasteiger partial charge in [-0.05, 0) is 0 Å². The molecule has 0 aliphatic rings. The van der Waals surface area contributed by atoms with E-state index in [1.807, 2.05) is 0 Å². The summed E-state index contributed by atoms with van der Waals surface area (Å²) in [6.07, 6.45) is 0. The van der Waals surface area contributed by atoms with Crippen molar-refractivity contribution in [1.29, 1.82) is 0 Å². The molecule has 44 valence electrons. The van der Waals surface area contributed by atoms with Crippen molar-refractivity contribution < 1.29 is 52.6 Å². The largest absolute Gasteiger partial charge is 2.00 e. The fraction of sp³-hybridized carbons (Fsp3) is 0. The van der Waals surface area contributed by atoms with Crippen molar-refractivity contribution in [3.8, 4) is 0 Å². The first-order valence-electron chi connectivity index (χ1n) is 0.943. The predicted molar refractivity (Wildman–Crippen MR) is 15.7 cm³/mol. The van der Waals surface area contributed by atoms with Crippen LogP contribution in [0, 0.1) is 0 Å². The van der Waals surface area contributed by atoms with E-state index >= 15 is 0 Å². The summed E-state index contributed by atoms with van der Waals surface area (Å²) in [5.74, 6) is 0. The Morgan fingerprint density at radius 1 is 1.00 bits per heavy atom. The van der Waals surface area contributed by atoms with E-state index < -0.39 is 12.9 Å². The van der Waals surface area contributed by atoms with Gasteiger partial charge in [0.15, 0.2) is 0 Å². The number of hydrogen-bond acceptors (Lipinski definition) is 4. The Hall–Kier alpha value is -0.178. The van der Waals surface area contributed by atoms with Gasteiger partial charge in [0.25, 0.3) is 0 Å². The molecule has 0 radical (unpaired) electrons. The summed E-state index contributed by atoms with van der Waals surface area (Å²) in [4.78, 5) is 16.5. The van der Waals surface area contributed by atoms with Gasteiger partial charge in [-0.25, -0.2) is 0 Å². The first-order chi connectivity index (χ1) is 2.83. The van der Waals surface area contributed by atoms with Gasteiger partial charge in [0.05, 0.1) is 0 Å². The molecule has 0 spiro atoms. The van der Waals surface area contributed by atoms with Gasteiger partial charge in [-0.1, -0.05) is 0 Å². The monoisotopic (exact) mass is 222 g/mol. The van der Waals surface area contributed by atoms with Crippen molar-refractivity contribution in [2.75, 3.05) is 0 Å². The molecule has 0 aromatic rings. The normalized spacial score (nSPS) is 3.00. The van der Waals surface area contributed by atoms with E-state index in [2.05, 4.69) is 0 Å². The molecule has 0 rings (SSSR count). The molecule has 0 aliphatic carbocycles. The smallest absolute Gasteiger partial charge is 0.554 e. The SMILES string of the molecule is O.O=C[O-].O=C[O-].[Cd+2]. The minimum Gasteiger partial charge on any atom is -0.554 e. The minimum absolute atomic E-state index is 0. The molecule has 2 N–H and O–H groups in total. The van der Waals surface area contributed by atoms with Crippen LogP contribution in [-0.2, 0) is 36.9 Å². The third kappa shape index (κ3) is 4280. The van der Waals surface area contributed by atoms with E-state index in [0.717, 1.165) is 0 Å². The van der Waals surface area contributed by atoms with Gasteiger partial charge in [-0.15, -0.1) is 0 Å². The number of carbonyl (C=O) groups is 2. The Labute approximate surface area is 65.8 Å². The van der Waals surface area contributed by atoms with Crippen molar-refractivity contribution in [3.63, 3.8) is 0 Å². The van der Waals surface area contributed by atoms with Crippen molar-refractivity contribution in [3.05, 3.63) is 0 Å². The van der Waals surface area contributed by atoms with Crippen LogP contribution in [0.3, 0.4) is 0 Å². The Morgan fingerprint density at radius 2 is 1.00 bits per heavy atom. The summed E-state index contributed by atoms with van der Waals surface area (Å²) >= 11 is 0. The molecule has 0 aliphatic heterocycles. The predicted octanol–water partition coefficient (Wildman–Crippen LogP) is -4.09. The maximum Gasteiger partial charge on any atom is 2.00 e. The second kappa shape index (κ2) is 69.7. The zero-order valence-corrected chi connectivity index (χ0v) is 8.03. The minimum atomic E-state index is -0.500. The molecule has 0 heterocycles. The molecule has 0 atom stereocenters. The summed E-state index contributed by atoms with van der Waals surface area (Å²) in [7, 11) is 0. The molecule has 0 bridgehead atoms. The van der Waals surface area contributed by atoms with Crippen LogP contribution in [0.4, 0.5) is 0 Å². The van der Waals surface area contributed by atoms with E-state index in [1.165, 1.54) is 0 Å². The van der Waals surface area contributed by atoms with E-state index in [1.54, 1.807) is 0 Å². The van der Waals surface area contributed by atoms with Crippen LogP contribution in [0.5, 0.6) is 0 Å². The van der Waals surface area contributed by atoms with E-state index in [-0.39, 0.29) is 32.8 Å². The molecule has 0 amide bonds. The average molecular weight is 220 g/mol. The molecule has 0 aromatic heterocycles. The molecule has 8 heavy (non-hydrogen) atoms. The molecular weight excluding hydrogens is 216 g/mol. The molecule has 0 saturated carbocycles. The Balaban J connectivity index is -0.0000000160. The van der Waals surface area contributed by atoms with Gasteiger partial charge in [0.1, 0.15) is 0 Å². The van der Waals surface area contributed by atoms with Crippen molar-refractivity contribution in [2.24, 2.45) is 0 Å². The standard InChI is InChI=1S/2CH2O2.Cd.H2O/c2*2-1-3;;/h2*1H,(H,2,3);;1H2/q;;+2;/p-2. The molecule has 5 nitrogen and oxygen atoms in total. The second-order valence-electron chi connectivity index (χ2n) is 0.192. The van der Waals surface area contributed by atoms with Gasteiger partial charge < -0.3 is 25.3 Å². The van der Waals surface area contributed by atoms with Crippen LogP contribution in [0.2, 0.25) is 0 Å². The van der Waals surface area contributed by atoms with Gasteiger partial charge >= 0.3 is 27.3 Å². The maximum atomic E-state index is 8.25. The number of rotatable bonds is 0. The van der Waals surface area contributed by atoms with E-state index in [0.29, 0.717) is 0 Å². The van der Waals surface area contributed by atoms with Gasteiger partial charge in [-0.3, -0.25) is 0 Å². The molecule has 0 aromatic carbocycles. The first-order valence-corrected chi connectivity index (χ1v) is 0.943. The third-order valence-corrected chi connectivity index (χ3v) is 0. The Kier molecular flexibility index (Phi) is 217. The molecule has 0 fully saturated rings. The van der Waals surface area contributed by atoms with Crippen LogP contribution in [0.25, 0.3) is 0 Å². The number of carbonyl (C=O) groups excluding carboxylic acids is 2. The molecular formula is C2H4CdO5. The molecule has 6 heteroatoms. The van der Waals surface area contributed by atoms with Crippen molar-refractivity contribution >= 4 is 12.9 Å². The number of carboxylic acid groups (broad SMARTS) is 2. The van der Waals surface area contributed by atoms with Gasteiger partial charge in [-0.2, -0.15) is 0 Å². The first kappa shape index (κ1) is 24.9. The molecule has 0 unspecified atom stereocenters. The zero-order chi connectivity index (χ0) is 5.41. The summed E-state index contributed by atoms with van der Waals surface area (Å²) in [5.41, 5.74) is 0. The summed E-state index contributed by atoms with van der Waals surface area (Å²) in [6, 6.07) is 0. The fourth-order valence-electron chi connectivity index (χ4n) is 0. The van der Waals surface area contributed by atoms with Gasteiger partial charge in [0.2, 0.25) is 0 Å². The maximum absolute atomic E-state index is 8.25. The Bertz CT molecular complexity index is 31.4. The summed E-state index contributed by atoms with van der Waals surface area (Å²) in [6.45, 7) is -1.00. The van der Waals surface area contributed by atoms with Crippen LogP contribution in [0.1, 0.15) is 0 Å².